The zero-order valence-electron chi connectivity index (χ0n) is 12.2. The van der Waals surface area contributed by atoms with Gasteiger partial charge in [0, 0.05) is 44.0 Å². The maximum atomic E-state index is 11.4. The molecule has 1 aromatic carbocycles. The number of ketones is 1. The van der Waals surface area contributed by atoms with Crippen LogP contribution in [0.15, 0.2) is 12.1 Å². The Morgan fingerprint density at radius 3 is 2.00 bits per heavy atom. The number of rotatable bonds is 2. The van der Waals surface area contributed by atoms with Gasteiger partial charge in [-0.1, -0.05) is 6.07 Å². The van der Waals surface area contributed by atoms with Gasteiger partial charge in [-0.05, 0) is 38.0 Å². The van der Waals surface area contributed by atoms with Crippen molar-refractivity contribution in [2.45, 2.75) is 20.8 Å². The van der Waals surface area contributed by atoms with Crippen LogP contribution in [0.5, 0.6) is 0 Å². The maximum Gasteiger partial charge on any atom is 2.00 e. The van der Waals surface area contributed by atoms with E-state index in [9.17, 15) is 9.59 Å². The van der Waals surface area contributed by atoms with Gasteiger partial charge in [0.2, 0.25) is 0 Å². The zero-order valence-corrected chi connectivity index (χ0v) is 16.4. The minimum Gasteiger partial charge on any atom is -0.358 e. The van der Waals surface area contributed by atoms with Crippen LogP contribution in [0, 0.1) is 35.6 Å². The molecular formula is C14H20NO2VY-. The third kappa shape index (κ3) is 7.31. The first-order valence-corrected chi connectivity index (χ1v) is 4.67. The second kappa shape index (κ2) is 11.7. The number of anilines is 1. The minimum atomic E-state index is -0.378. The van der Waals surface area contributed by atoms with Crippen molar-refractivity contribution in [3.8, 4) is 0 Å². The van der Waals surface area contributed by atoms with E-state index in [1.54, 1.807) is 6.07 Å². The second-order valence-corrected chi connectivity index (χ2v) is 3.53. The van der Waals surface area contributed by atoms with Crippen molar-refractivity contribution in [3.05, 3.63) is 50.6 Å². The van der Waals surface area contributed by atoms with Crippen molar-refractivity contribution in [3.63, 3.8) is 0 Å². The summed E-state index contributed by atoms with van der Waals surface area (Å²) in [6.45, 7) is 8.44. The molecule has 1 amide bonds. The standard InChI is InChI=1S/C12H14NO2.2CH3.V.Y/c1-7-5-6-11(13-10(4)15)8(2)12(7)9(3)14;;;;/h5-6H,4H2,1-3H3,(H,13,15);2*1H3;;/q3*-1;+2;. The van der Waals surface area contributed by atoms with Crippen LogP contribution in [0.2, 0.25) is 0 Å². The van der Waals surface area contributed by atoms with Gasteiger partial charge in [0.05, 0.1) is 5.91 Å². The van der Waals surface area contributed by atoms with E-state index in [4.69, 9.17) is 0 Å². The summed E-state index contributed by atoms with van der Waals surface area (Å²) in [4.78, 5) is 22.2. The fourth-order valence-electron chi connectivity index (χ4n) is 1.67. The van der Waals surface area contributed by atoms with Crippen LogP contribution in [0.3, 0.4) is 0 Å². The molecule has 1 N–H and O–H groups in total. The van der Waals surface area contributed by atoms with E-state index in [2.05, 4.69) is 12.2 Å². The first kappa shape index (κ1) is 27.3. The van der Waals surface area contributed by atoms with Crippen molar-refractivity contribution in [2.75, 3.05) is 5.32 Å². The number of aryl methyl sites for hydroxylation is 1. The Morgan fingerprint density at radius 2 is 1.63 bits per heavy atom. The molecule has 2 radical (unpaired) electrons. The van der Waals surface area contributed by atoms with Crippen LogP contribution in [0.1, 0.15) is 28.4 Å². The summed E-state index contributed by atoms with van der Waals surface area (Å²) in [5.74, 6) is -0.374. The Kier molecular flexibility index (Phi) is 16.8. The number of benzene rings is 1. The molecule has 1 rings (SSSR count). The fraction of sp³-hybridized carbons (Fsp3) is 0.214. The quantitative estimate of drug-likeness (QED) is 0.639. The summed E-state index contributed by atoms with van der Waals surface area (Å²) < 4.78 is 0. The fourth-order valence-corrected chi connectivity index (χ4v) is 1.67. The first-order valence-electron chi connectivity index (χ1n) is 4.67. The molecule has 3 nitrogen and oxygen atoms in total. The normalized spacial score (nSPS) is 7.74. The Balaban J connectivity index is -0.000000281. The molecule has 0 aliphatic rings. The molecule has 1 aromatic rings. The summed E-state index contributed by atoms with van der Waals surface area (Å²) in [7, 11) is 0. The largest absolute Gasteiger partial charge is 2.00 e. The minimum absolute atomic E-state index is 0. The van der Waals surface area contributed by atoms with E-state index in [1.165, 1.54) is 6.92 Å². The molecule has 19 heavy (non-hydrogen) atoms. The number of hydrogen-bond acceptors (Lipinski definition) is 2. The molecule has 0 spiro atoms. The smallest absolute Gasteiger partial charge is 0.358 e. The predicted molar refractivity (Wildman–Crippen MR) is 72.7 cm³/mol. The van der Waals surface area contributed by atoms with Crippen molar-refractivity contribution in [1.82, 2.24) is 0 Å². The molecule has 0 saturated heterocycles. The van der Waals surface area contributed by atoms with Crippen LogP contribution in [-0.4, -0.2) is 11.7 Å². The van der Waals surface area contributed by atoms with Gasteiger partial charge in [0.15, 0.2) is 5.78 Å². The number of carbonyl (C=O) groups excluding carboxylic acids is 2. The molecular weight excluding hydrogens is 354 g/mol. The summed E-state index contributed by atoms with van der Waals surface area (Å²) >= 11 is 0. The van der Waals surface area contributed by atoms with Gasteiger partial charge in [0.1, 0.15) is 0 Å². The monoisotopic (exact) mass is 374 g/mol. The van der Waals surface area contributed by atoms with Crippen LogP contribution in [0.4, 0.5) is 5.69 Å². The van der Waals surface area contributed by atoms with Crippen molar-refractivity contribution >= 4 is 17.4 Å². The van der Waals surface area contributed by atoms with Gasteiger partial charge in [-0.2, -0.15) is 0 Å². The third-order valence-electron chi connectivity index (χ3n) is 2.30. The van der Waals surface area contributed by atoms with Crippen molar-refractivity contribution in [2.24, 2.45) is 0 Å². The molecule has 0 fully saturated rings. The molecule has 0 unspecified atom stereocenters. The van der Waals surface area contributed by atoms with Crippen LogP contribution in [-0.2, 0) is 56.1 Å². The van der Waals surface area contributed by atoms with Gasteiger partial charge >= 0.3 is 18.6 Å². The molecule has 5 heteroatoms. The van der Waals surface area contributed by atoms with Gasteiger partial charge in [0.25, 0.3) is 0 Å². The summed E-state index contributed by atoms with van der Waals surface area (Å²) in [5.41, 5.74) is 3.02. The van der Waals surface area contributed by atoms with Crippen molar-refractivity contribution < 1.29 is 60.9 Å². The van der Waals surface area contributed by atoms with Crippen molar-refractivity contribution in [1.29, 1.82) is 0 Å². The predicted octanol–water partition coefficient (Wildman–Crippen LogP) is 3.17. The molecule has 0 aliphatic carbocycles. The summed E-state index contributed by atoms with van der Waals surface area (Å²) in [6.07, 6.45) is 0. The Bertz CT molecular complexity index is 434. The average Bonchev–Trinajstić information content (AvgIpc) is 2.09. The Labute approximate surface area is 154 Å². The summed E-state index contributed by atoms with van der Waals surface area (Å²) in [6, 6.07) is 3.59. The SMILES string of the molecule is [CH2-]C(=O)Nc1ccc(C)c(C(C)=O)c1C.[CH3-].[CH3-].[V+2].[Y]. The van der Waals surface area contributed by atoms with Gasteiger partial charge < -0.3 is 31.9 Å². The van der Waals surface area contributed by atoms with E-state index in [-0.39, 0.29) is 77.8 Å². The molecule has 102 valence electrons. The molecule has 0 atom stereocenters. The Morgan fingerprint density at radius 1 is 1.16 bits per heavy atom. The maximum absolute atomic E-state index is 11.4. The topological polar surface area (TPSA) is 46.2 Å². The van der Waals surface area contributed by atoms with E-state index >= 15 is 0 Å². The van der Waals surface area contributed by atoms with E-state index in [0.29, 0.717) is 11.3 Å². The zero-order chi connectivity index (χ0) is 11.6. The second-order valence-electron chi connectivity index (χ2n) is 3.53. The number of hydrogen-bond donors (Lipinski definition) is 1. The van der Waals surface area contributed by atoms with Crippen LogP contribution < -0.4 is 5.32 Å². The van der Waals surface area contributed by atoms with Gasteiger partial charge in [-0.25, -0.2) is 0 Å². The van der Waals surface area contributed by atoms with E-state index in [1.807, 2.05) is 19.9 Å². The molecule has 0 bridgehead atoms. The summed E-state index contributed by atoms with van der Waals surface area (Å²) in [5, 5.41) is 2.59. The molecule has 0 aliphatic heterocycles. The van der Waals surface area contributed by atoms with E-state index < -0.39 is 0 Å². The molecule has 0 aromatic heterocycles. The van der Waals surface area contributed by atoms with Gasteiger partial charge in [-0.3, -0.25) is 4.79 Å². The number of nitrogens with one attached hydrogen (secondary N) is 1. The van der Waals surface area contributed by atoms with Crippen LogP contribution >= 0.6 is 0 Å². The average molecular weight is 374 g/mol. The Hall–Kier alpha value is -0.0817. The first-order chi connectivity index (χ1) is 6.93. The number of amides is 1. The van der Waals surface area contributed by atoms with E-state index in [0.717, 1.165) is 11.1 Å². The number of carbonyl (C=O) groups is 2. The van der Waals surface area contributed by atoms with Gasteiger partial charge in [-0.15, -0.1) is 0 Å². The van der Waals surface area contributed by atoms with Crippen LogP contribution in [0.25, 0.3) is 0 Å². The molecule has 0 saturated carbocycles. The molecule has 0 heterocycles. The third-order valence-corrected chi connectivity index (χ3v) is 2.30. The number of Topliss-reactive ketones (excluding diaryl/α,β-unsaturated/α-hetero) is 1.